The van der Waals surface area contributed by atoms with Crippen LogP contribution in [0, 0.1) is 5.41 Å². The molecule has 0 saturated carbocycles. The zero-order chi connectivity index (χ0) is 17.1. The number of ether oxygens (including phenoxy) is 1. The number of carbonyl (C=O) groups is 1. The van der Waals surface area contributed by atoms with Crippen molar-refractivity contribution < 1.29 is 9.53 Å². The Balaban J connectivity index is 2.00. The van der Waals surface area contributed by atoms with Crippen molar-refractivity contribution in [3.63, 3.8) is 0 Å². The summed E-state index contributed by atoms with van der Waals surface area (Å²) < 4.78 is 5.45. The van der Waals surface area contributed by atoms with Gasteiger partial charge < -0.3 is 15.4 Å². The number of rotatable bonds is 3. The largest absolute Gasteiger partial charge is 0.444 e. The van der Waals surface area contributed by atoms with Crippen LogP contribution in [0.2, 0.25) is 5.02 Å². The van der Waals surface area contributed by atoms with E-state index in [2.05, 4.69) is 6.07 Å². The van der Waals surface area contributed by atoms with Crippen LogP contribution in [0.4, 0.5) is 4.79 Å². The number of halogens is 1. The van der Waals surface area contributed by atoms with E-state index in [0.717, 1.165) is 29.8 Å². The quantitative estimate of drug-likeness (QED) is 0.910. The molecular formula is C18H27ClN2O2. The number of hydrogen-bond donors (Lipinski definition) is 1. The van der Waals surface area contributed by atoms with Crippen molar-refractivity contribution in [1.29, 1.82) is 0 Å². The molecule has 0 aromatic heterocycles. The molecule has 23 heavy (non-hydrogen) atoms. The summed E-state index contributed by atoms with van der Waals surface area (Å²) in [5.41, 5.74) is 6.75. The Bertz CT molecular complexity index is 546. The summed E-state index contributed by atoms with van der Waals surface area (Å²) in [4.78, 5) is 14.0. The summed E-state index contributed by atoms with van der Waals surface area (Å²) in [5, 5.41) is 0.787. The highest BCUT2D eigenvalue weighted by Gasteiger charge is 2.36. The molecule has 1 aliphatic heterocycles. The number of amides is 1. The molecular weight excluding hydrogens is 312 g/mol. The minimum Gasteiger partial charge on any atom is -0.444 e. The van der Waals surface area contributed by atoms with Crippen molar-refractivity contribution in [3.8, 4) is 0 Å². The topological polar surface area (TPSA) is 55.6 Å². The van der Waals surface area contributed by atoms with Crippen molar-refractivity contribution in [3.05, 3.63) is 34.9 Å². The van der Waals surface area contributed by atoms with Crippen LogP contribution in [-0.2, 0) is 11.2 Å². The fraction of sp³-hybridized carbons (Fsp3) is 0.611. The van der Waals surface area contributed by atoms with Crippen LogP contribution in [0.5, 0.6) is 0 Å². The summed E-state index contributed by atoms with van der Waals surface area (Å²) in [5.74, 6) is 0. The van der Waals surface area contributed by atoms with Crippen molar-refractivity contribution >= 4 is 17.7 Å². The second-order valence-electron chi connectivity index (χ2n) is 7.44. The van der Waals surface area contributed by atoms with Crippen LogP contribution < -0.4 is 5.73 Å². The Morgan fingerprint density at radius 1 is 1.30 bits per heavy atom. The second kappa shape index (κ2) is 7.10. The molecule has 0 radical (unpaired) electrons. The van der Waals surface area contributed by atoms with Crippen LogP contribution >= 0.6 is 11.6 Å². The fourth-order valence-corrected chi connectivity index (χ4v) is 3.19. The Kier molecular flexibility index (Phi) is 5.58. The van der Waals surface area contributed by atoms with Crippen molar-refractivity contribution in [1.82, 2.24) is 4.90 Å². The van der Waals surface area contributed by atoms with E-state index in [1.807, 2.05) is 39.0 Å². The average molecular weight is 339 g/mol. The van der Waals surface area contributed by atoms with Gasteiger partial charge in [0.05, 0.1) is 0 Å². The first-order valence-electron chi connectivity index (χ1n) is 8.16. The Morgan fingerprint density at radius 3 is 2.43 bits per heavy atom. The molecule has 5 heteroatoms. The minimum absolute atomic E-state index is 0.00348. The molecule has 0 bridgehead atoms. The van der Waals surface area contributed by atoms with Crippen LogP contribution in [0.3, 0.4) is 0 Å². The second-order valence-corrected chi connectivity index (χ2v) is 7.85. The summed E-state index contributed by atoms with van der Waals surface area (Å²) in [6.45, 7) is 7.61. The molecule has 128 valence electrons. The first kappa shape index (κ1) is 18.1. The summed E-state index contributed by atoms with van der Waals surface area (Å²) in [6, 6.07) is 7.91. The smallest absolute Gasteiger partial charge is 0.410 e. The van der Waals surface area contributed by atoms with E-state index in [-0.39, 0.29) is 11.5 Å². The predicted octanol–water partition coefficient (Wildman–Crippen LogP) is 3.86. The molecule has 1 aromatic rings. The first-order valence-corrected chi connectivity index (χ1v) is 8.54. The predicted molar refractivity (Wildman–Crippen MR) is 93.7 cm³/mol. The number of benzene rings is 1. The lowest BCUT2D eigenvalue weighted by atomic mass is 9.74. The molecule has 4 nitrogen and oxygen atoms in total. The third-order valence-corrected chi connectivity index (χ3v) is 4.80. The summed E-state index contributed by atoms with van der Waals surface area (Å²) in [6.07, 6.45) is 2.36. The van der Waals surface area contributed by atoms with E-state index in [4.69, 9.17) is 22.1 Å². The fourth-order valence-electron chi connectivity index (χ4n) is 2.99. The van der Waals surface area contributed by atoms with E-state index < -0.39 is 5.60 Å². The third kappa shape index (κ3) is 4.85. The van der Waals surface area contributed by atoms with E-state index in [0.29, 0.717) is 19.6 Å². The van der Waals surface area contributed by atoms with Gasteiger partial charge in [0.2, 0.25) is 0 Å². The lowest BCUT2D eigenvalue weighted by Crippen LogP contribution is -2.48. The van der Waals surface area contributed by atoms with Gasteiger partial charge in [-0.1, -0.05) is 29.8 Å². The van der Waals surface area contributed by atoms with Crippen LogP contribution in [-0.4, -0.2) is 36.2 Å². The van der Waals surface area contributed by atoms with E-state index in [9.17, 15) is 4.79 Å². The van der Waals surface area contributed by atoms with Crippen LogP contribution in [0.1, 0.15) is 39.2 Å². The highest BCUT2D eigenvalue weighted by molar-refractivity contribution is 6.31. The number of piperidine rings is 1. The standard InChI is InChI=1S/C18H27ClN2O2/c1-17(2,3)23-16(22)21-10-8-18(13-20,9-11-21)12-14-6-4-5-7-15(14)19/h4-7H,8-13,20H2,1-3H3. The molecule has 0 aliphatic carbocycles. The van der Waals surface area contributed by atoms with Crippen LogP contribution in [0.15, 0.2) is 24.3 Å². The van der Waals surface area contributed by atoms with Gasteiger partial charge in [0, 0.05) is 18.1 Å². The van der Waals surface area contributed by atoms with Gasteiger partial charge in [-0.15, -0.1) is 0 Å². The van der Waals surface area contributed by atoms with Gasteiger partial charge in [0.15, 0.2) is 0 Å². The molecule has 0 atom stereocenters. The number of likely N-dealkylation sites (tertiary alicyclic amines) is 1. The highest BCUT2D eigenvalue weighted by Crippen LogP contribution is 2.36. The Hall–Kier alpha value is -1.26. The van der Waals surface area contributed by atoms with Gasteiger partial charge in [-0.05, 0) is 63.6 Å². The molecule has 2 rings (SSSR count). The number of nitrogens with zero attached hydrogens (tertiary/aromatic N) is 1. The van der Waals surface area contributed by atoms with Gasteiger partial charge in [-0.25, -0.2) is 4.79 Å². The maximum atomic E-state index is 12.2. The number of nitrogens with two attached hydrogens (primary N) is 1. The first-order chi connectivity index (χ1) is 10.7. The van der Waals surface area contributed by atoms with Gasteiger partial charge >= 0.3 is 6.09 Å². The molecule has 1 aromatic carbocycles. The zero-order valence-electron chi connectivity index (χ0n) is 14.3. The normalized spacial score (nSPS) is 17.9. The van der Waals surface area contributed by atoms with Gasteiger partial charge in [0.1, 0.15) is 5.60 Å². The Morgan fingerprint density at radius 2 is 1.91 bits per heavy atom. The van der Waals surface area contributed by atoms with Crippen LogP contribution in [0.25, 0.3) is 0 Å². The van der Waals surface area contributed by atoms with E-state index in [1.54, 1.807) is 4.90 Å². The lowest BCUT2D eigenvalue weighted by Gasteiger charge is -2.41. The molecule has 1 heterocycles. The summed E-state index contributed by atoms with van der Waals surface area (Å²) in [7, 11) is 0. The molecule has 0 unspecified atom stereocenters. The molecule has 2 N–H and O–H groups in total. The lowest BCUT2D eigenvalue weighted by molar-refractivity contribution is 0.0109. The molecule has 1 aliphatic rings. The maximum Gasteiger partial charge on any atom is 0.410 e. The molecule has 0 spiro atoms. The SMILES string of the molecule is CC(C)(C)OC(=O)N1CCC(CN)(Cc2ccccc2Cl)CC1. The zero-order valence-corrected chi connectivity index (χ0v) is 15.0. The average Bonchev–Trinajstić information content (AvgIpc) is 2.48. The minimum atomic E-state index is -0.461. The molecule has 1 fully saturated rings. The van der Waals surface area contributed by atoms with E-state index in [1.165, 1.54) is 0 Å². The van der Waals surface area contributed by atoms with Gasteiger partial charge in [0.25, 0.3) is 0 Å². The monoisotopic (exact) mass is 338 g/mol. The van der Waals surface area contributed by atoms with Crippen molar-refractivity contribution in [2.75, 3.05) is 19.6 Å². The highest BCUT2D eigenvalue weighted by atomic mass is 35.5. The summed E-state index contributed by atoms with van der Waals surface area (Å²) >= 11 is 6.29. The Labute approximate surface area is 143 Å². The number of carbonyl (C=O) groups excluding carboxylic acids is 1. The van der Waals surface area contributed by atoms with Crippen molar-refractivity contribution in [2.45, 2.75) is 45.6 Å². The van der Waals surface area contributed by atoms with Crippen molar-refractivity contribution in [2.24, 2.45) is 11.1 Å². The van der Waals surface area contributed by atoms with Gasteiger partial charge in [-0.3, -0.25) is 0 Å². The van der Waals surface area contributed by atoms with Gasteiger partial charge in [-0.2, -0.15) is 0 Å². The van der Waals surface area contributed by atoms with E-state index >= 15 is 0 Å². The molecule has 1 amide bonds. The maximum absolute atomic E-state index is 12.2. The molecule has 1 saturated heterocycles. The third-order valence-electron chi connectivity index (χ3n) is 4.43. The number of hydrogen-bond acceptors (Lipinski definition) is 3.